The maximum Gasteiger partial charge on any atom is 0.187 e. The van der Waals surface area contributed by atoms with Crippen LogP contribution in [-0.4, -0.2) is 15.0 Å². The van der Waals surface area contributed by atoms with Gasteiger partial charge in [-0.25, -0.2) is 19.8 Å². The number of thiophene rings is 1. The molecule has 0 N–H and O–H groups in total. The number of furan rings is 1. The van der Waals surface area contributed by atoms with Gasteiger partial charge in [-0.15, -0.1) is 11.3 Å². The first-order chi connectivity index (χ1) is 25.7. The third kappa shape index (κ3) is 5.03. The molecule has 52 heavy (non-hydrogen) atoms. The van der Waals surface area contributed by atoms with Crippen LogP contribution in [0.3, 0.4) is 0 Å². The number of fused-ring (bicyclic) bond motifs is 6. The highest BCUT2D eigenvalue weighted by molar-refractivity contribution is 7.25. The van der Waals surface area contributed by atoms with Crippen LogP contribution in [0.15, 0.2) is 162 Å². The van der Waals surface area contributed by atoms with Gasteiger partial charge in [0.05, 0.1) is 12.1 Å². The van der Waals surface area contributed by atoms with Gasteiger partial charge in [-0.1, -0.05) is 121 Å². The van der Waals surface area contributed by atoms with Crippen molar-refractivity contribution in [2.75, 3.05) is 0 Å². The predicted octanol–water partition coefficient (Wildman–Crippen LogP) is 13.0. The lowest BCUT2D eigenvalue weighted by atomic mass is 9.94. The SMILES string of the molecule is [C-]#[N+]c1ccc(-c2ccc(-c3ccc4c(oc5ccccc54)c3-c3nc(-c4ccccc4)nc(-c4ccc5sc6ccccc6c5c4)n3)cc2)cc1. The minimum absolute atomic E-state index is 0.539. The van der Waals surface area contributed by atoms with Crippen LogP contribution in [-0.2, 0) is 0 Å². The lowest BCUT2D eigenvalue weighted by Crippen LogP contribution is -2.01. The summed E-state index contributed by atoms with van der Waals surface area (Å²) in [6, 6.07) is 53.6. The standard InChI is InChI=1S/C46H26N4OS/c1-47-33-22-19-29(20-23-33)28-15-17-30(18-16-28)34-24-25-37-35-11-5-7-13-39(35)51-43(37)42(34)46-49-44(31-9-3-2-4-10-31)48-45(50-46)32-21-26-41-38(27-32)36-12-6-8-14-40(36)52-41/h2-27H. The van der Waals surface area contributed by atoms with Gasteiger partial charge >= 0.3 is 0 Å². The third-order valence-corrected chi connectivity index (χ3v) is 10.8. The highest BCUT2D eigenvalue weighted by Crippen LogP contribution is 2.43. The molecule has 0 unspecified atom stereocenters. The van der Waals surface area contributed by atoms with E-state index < -0.39 is 0 Å². The summed E-state index contributed by atoms with van der Waals surface area (Å²) in [5, 5.41) is 4.45. The Balaban J connectivity index is 1.21. The lowest BCUT2D eigenvalue weighted by Gasteiger charge is -2.13. The molecule has 0 radical (unpaired) electrons. The zero-order valence-electron chi connectivity index (χ0n) is 27.6. The molecule has 0 spiro atoms. The van der Waals surface area contributed by atoms with Gasteiger partial charge in [0.25, 0.3) is 0 Å². The van der Waals surface area contributed by atoms with Crippen molar-refractivity contribution in [1.29, 1.82) is 0 Å². The molecule has 5 nitrogen and oxygen atoms in total. The second-order valence-electron chi connectivity index (χ2n) is 12.7. The number of aromatic nitrogens is 3. The zero-order chi connectivity index (χ0) is 34.6. The van der Waals surface area contributed by atoms with Crippen LogP contribution in [0.5, 0.6) is 0 Å². The summed E-state index contributed by atoms with van der Waals surface area (Å²) >= 11 is 1.79. The topological polar surface area (TPSA) is 56.2 Å². The summed E-state index contributed by atoms with van der Waals surface area (Å²) in [6.45, 7) is 7.31. The number of nitrogens with zero attached hydrogens (tertiary/aromatic N) is 4. The number of para-hydroxylation sites is 1. The Kier molecular flexibility index (Phi) is 6.98. The van der Waals surface area contributed by atoms with E-state index in [-0.39, 0.29) is 0 Å². The Morgan fingerprint density at radius 2 is 1.08 bits per heavy atom. The van der Waals surface area contributed by atoms with Crippen molar-refractivity contribution in [3.63, 3.8) is 0 Å². The van der Waals surface area contributed by atoms with Crippen LogP contribution in [0.1, 0.15) is 0 Å². The second-order valence-corrected chi connectivity index (χ2v) is 13.8. The monoisotopic (exact) mass is 682 g/mol. The molecule has 0 saturated heterocycles. The van der Waals surface area contributed by atoms with E-state index in [0.29, 0.717) is 23.2 Å². The van der Waals surface area contributed by atoms with Crippen molar-refractivity contribution >= 4 is 59.1 Å². The molecule has 0 saturated carbocycles. The molecule has 10 aromatic rings. The van der Waals surface area contributed by atoms with E-state index in [1.807, 2.05) is 72.8 Å². The van der Waals surface area contributed by atoms with Crippen molar-refractivity contribution in [1.82, 2.24) is 15.0 Å². The number of hydrogen-bond donors (Lipinski definition) is 0. The average Bonchev–Trinajstić information content (AvgIpc) is 3.79. The quantitative estimate of drug-likeness (QED) is 0.170. The minimum atomic E-state index is 0.539. The van der Waals surface area contributed by atoms with Gasteiger partial charge in [0, 0.05) is 42.1 Å². The Morgan fingerprint density at radius 3 is 1.87 bits per heavy atom. The summed E-state index contributed by atoms with van der Waals surface area (Å²) < 4.78 is 9.16. The molecule has 3 aromatic heterocycles. The van der Waals surface area contributed by atoms with Crippen LogP contribution in [0.2, 0.25) is 0 Å². The molecule has 0 atom stereocenters. The number of benzene rings is 7. The van der Waals surface area contributed by atoms with Gasteiger partial charge in [-0.2, -0.15) is 0 Å². The van der Waals surface area contributed by atoms with E-state index in [0.717, 1.165) is 60.9 Å². The summed E-state index contributed by atoms with van der Waals surface area (Å²) in [7, 11) is 0. The molecule has 0 aliphatic rings. The second kappa shape index (κ2) is 12.1. The van der Waals surface area contributed by atoms with Gasteiger partial charge in [0.15, 0.2) is 23.2 Å². The van der Waals surface area contributed by atoms with Crippen molar-refractivity contribution < 1.29 is 4.42 Å². The highest BCUT2D eigenvalue weighted by atomic mass is 32.1. The smallest absolute Gasteiger partial charge is 0.187 e. The maximum absolute atomic E-state index is 7.31. The zero-order valence-corrected chi connectivity index (χ0v) is 28.4. The van der Waals surface area contributed by atoms with Crippen LogP contribution < -0.4 is 0 Å². The Bertz CT molecular complexity index is 3010. The van der Waals surface area contributed by atoms with Crippen molar-refractivity contribution in [3.05, 3.63) is 169 Å². The Labute approximate surface area is 303 Å². The van der Waals surface area contributed by atoms with E-state index in [2.05, 4.69) is 89.8 Å². The molecule has 6 heteroatoms. The van der Waals surface area contributed by atoms with Gasteiger partial charge < -0.3 is 4.42 Å². The van der Waals surface area contributed by atoms with Crippen molar-refractivity contribution in [3.8, 4) is 56.4 Å². The van der Waals surface area contributed by atoms with E-state index in [9.17, 15) is 0 Å². The first kappa shape index (κ1) is 29.9. The van der Waals surface area contributed by atoms with Crippen LogP contribution in [0.25, 0.3) is 103 Å². The summed E-state index contributed by atoms with van der Waals surface area (Å²) in [4.78, 5) is 19.1. The first-order valence-corrected chi connectivity index (χ1v) is 17.8. The fourth-order valence-electron chi connectivity index (χ4n) is 7.02. The molecule has 3 heterocycles. The molecule has 0 aliphatic carbocycles. The molecule has 0 fully saturated rings. The molecule has 242 valence electrons. The maximum atomic E-state index is 7.31. The summed E-state index contributed by atoms with van der Waals surface area (Å²) in [5.74, 6) is 1.73. The van der Waals surface area contributed by atoms with Gasteiger partial charge in [-0.3, -0.25) is 0 Å². The van der Waals surface area contributed by atoms with Crippen LogP contribution in [0.4, 0.5) is 5.69 Å². The molecule has 0 aliphatic heterocycles. The van der Waals surface area contributed by atoms with Crippen LogP contribution in [0, 0.1) is 6.57 Å². The third-order valence-electron chi connectivity index (χ3n) is 9.60. The Morgan fingerprint density at radius 1 is 0.462 bits per heavy atom. The fourth-order valence-corrected chi connectivity index (χ4v) is 8.11. The normalized spacial score (nSPS) is 11.4. The fraction of sp³-hybridized carbons (Fsp3) is 0. The highest BCUT2D eigenvalue weighted by Gasteiger charge is 2.22. The van der Waals surface area contributed by atoms with E-state index >= 15 is 0 Å². The molecule has 10 rings (SSSR count). The first-order valence-electron chi connectivity index (χ1n) is 17.0. The molecule has 0 bridgehead atoms. The number of rotatable bonds is 5. The van der Waals surface area contributed by atoms with E-state index in [1.165, 1.54) is 20.2 Å². The van der Waals surface area contributed by atoms with E-state index in [4.69, 9.17) is 25.9 Å². The largest absolute Gasteiger partial charge is 0.455 e. The lowest BCUT2D eigenvalue weighted by molar-refractivity contribution is 0.669. The van der Waals surface area contributed by atoms with Gasteiger partial charge in [0.1, 0.15) is 11.2 Å². The van der Waals surface area contributed by atoms with Gasteiger partial charge in [0.2, 0.25) is 0 Å². The molecule has 7 aromatic carbocycles. The van der Waals surface area contributed by atoms with Crippen molar-refractivity contribution in [2.45, 2.75) is 0 Å². The average molecular weight is 683 g/mol. The van der Waals surface area contributed by atoms with Crippen LogP contribution >= 0.6 is 11.3 Å². The molecular formula is C46H26N4OS. The summed E-state index contributed by atoms with van der Waals surface area (Å²) in [5.41, 5.74) is 8.88. The predicted molar refractivity (Wildman–Crippen MR) is 213 cm³/mol. The number of hydrogen-bond acceptors (Lipinski definition) is 5. The molecule has 0 amide bonds. The Hall–Kier alpha value is -6.94. The summed E-state index contributed by atoms with van der Waals surface area (Å²) in [6.07, 6.45) is 0. The minimum Gasteiger partial charge on any atom is -0.455 e. The molecular weight excluding hydrogens is 657 g/mol. The van der Waals surface area contributed by atoms with Crippen molar-refractivity contribution in [2.24, 2.45) is 0 Å². The van der Waals surface area contributed by atoms with Gasteiger partial charge in [-0.05, 0) is 58.7 Å². The van der Waals surface area contributed by atoms with E-state index in [1.54, 1.807) is 11.3 Å².